The Morgan fingerprint density at radius 3 is 2.27 bits per heavy atom. The number of methoxy groups -OCH3 is 2. The lowest BCUT2D eigenvalue weighted by Crippen LogP contribution is -2.45. The molecular formula is C25H47N3O5. The van der Waals surface area contributed by atoms with E-state index in [1.54, 1.807) is 19.1 Å². The highest BCUT2D eigenvalue weighted by Gasteiger charge is 2.22. The number of carbonyl (C=O) groups excluding carboxylic acids is 2. The first kappa shape index (κ1) is 28.0. The Hall–Kier alpha value is -1.22. The van der Waals surface area contributed by atoms with Gasteiger partial charge in [0.1, 0.15) is 0 Å². The largest absolute Gasteiger partial charge is 0.393 e. The molecule has 2 aliphatic carbocycles. The van der Waals surface area contributed by atoms with Gasteiger partial charge < -0.3 is 30.1 Å². The summed E-state index contributed by atoms with van der Waals surface area (Å²) in [5.74, 6) is 1.15. The van der Waals surface area contributed by atoms with Crippen molar-refractivity contribution in [3.05, 3.63) is 0 Å². The molecule has 8 nitrogen and oxygen atoms in total. The van der Waals surface area contributed by atoms with E-state index in [4.69, 9.17) is 9.47 Å². The molecule has 33 heavy (non-hydrogen) atoms. The highest BCUT2D eigenvalue weighted by Crippen LogP contribution is 2.27. The van der Waals surface area contributed by atoms with Crippen molar-refractivity contribution in [3.63, 3.8) is 0 Å². The van der Waals surface area contributed by atoms with Crippen LogP contribution in [0.4, 0.5) is 0 Å². The molecule has 0 bridgehead atoms. The Morgan fingerprint density at radius 1 is 0.939 bits per heavy atom. The van der Waals surface area contributed by atoms with Crippen LogP contribution in [0.2, 0.25) is 0 Å². The molecule has 8 heteroatoms. The summed E-state index contributed by atoms with van der Waals surface area (Å²) in [6.45, 7) is 2.54. The number of aliphatic hydroxyl groups is 1. The minimum Gasteiger partial charge on any atom is -0.393 e. The van der Waals surface area contributed by atoms with Gasteiger partial charge >= 0.3 is 0 Å². The highest BCUT2D eigenvalue weighted by atomic mass is 16.7. The fourth-order valence-electron chi connectivity index (χ4n) is 5.00. The molecule has 0 unspecified atom stereocenters. The van der Waals surface area contributed by atoms with Gasteiger partial charge in [-0.2, -0.15) is 0 Å². The molecule has 0 radical (unpaired) electrons. The number of rotatable bonds is 15. The average Bonchev–Trinajstić information content (AvgIpc) is 2.84. The summed E-state index contributed by atoms with van der Waals surface area (Å²) < 4.78 is 10.6. The molecule has 3 N–H and O–H groups in total. The van der Waals surface area contributed by atoms with Crippen LogP contribution in [0.5, 0.6) is 0 Å². The third kappa shape index (κ3) is 11.7. The van der Waals surface area contributed by atoms with Gasteiger partial charge in [0.25, 0.3) is 0 Å². The SMILES string of the molecule is COC(CN(CCC1CCCCC1)C(=O)CNC(=O)CCNCCC1CCC(O)CC1)OC. The summed E-state index contributed by atoms with van der Waals surface area (Å²) in [6, 6.07) is 0. The topological polar surface area (TPSA) is 100 Å². The normalized spacial score (nSPS) is 21.8. The van der Waals surface area contributed by atoms with Crippen LogP contribution in [0.25, 0.3) is 0 Å². The molecule has 0 aliphatic heterocycles. The minimum absolute atomic E-state index is 0.00799. The molecule has 2 aliphatic rings. The summed E-state index contributed by atoms with van der Waals surface area (Å²) in [5.41, 5.74) is 0. The smallest absolute Gasteiger partial charge is 0.242 e. The van der Waals surface area contributed by atoms with Gasteiger partial charge in [0, 0.05) is 33.7 Å². The first-order chi connectivity index (χ1) is 16.0. The number of amides is 2. The van der Waals surface area contributed by atoms with E-state index in [1.165, 1.54) is 32.1 Å². The quantitative estimate of drug-likeness (QED) is 0.252. The van der Waals surface area contributed by atoms with Crippen LogP contribution in [-0.2, 0) is 19.1 Å². The van der Waals surface area contributed by atoms with Crippen molar-refractivity contribution in [2.45, 2.75) is 89.4 Å². The fourth-order valence-corrected chi connectivity index (χ4v) is 5.00. The Labute approximate surface area is 200 Å². The second kappa shape index (κ2) is 16.4. The second-order valence-electron chi connectivity index (χ2n) is 9.77. The summed E-state index contributed by atoms with van der Waals surface area (Å²) in [6.07, 6.45) is 12.2. The second-order valence-corrected chi connectivity index (χ2v) is 9.77. The maximum absolute atomic E-state index is 12.8. The van der Waals surface area contributed by atoms with Crippen LogP contribution in [0.1, 0.15) is 77.0 Å². The third-order valence-corrected chi connectivity index (χ3v) is 7.29. The van der Waals surface area contributed by atoms with E-state index >= 15 is 0 Å². The molecule has 0 aromatic heterocycles. The van der Waals surface area contributed by atoms with Crippen LogP contribution in [0, 0.1) is 11.8 Å². The number of aliphatic hydroxyl groups excluding tert-OH is 1. The lowest BCUT2D eigenvalue weighted by Gasteiger charge is -2.29. The number of nitrogens with one attached hydrogen (secondary N) is 2. The first-order valence-corrected chi connectivity index (χ1v) is 13.0. The van der Waals surface area contributed by atoms with Crippen LogP contribution in [0.3, 0.4) is 0 Å². The van der Waals surface area contributed by atoms with Crippen molar-refractivity contribution in [1.82, 2.24) is 15.5 Å². The maximum Gasteiger partial charge on any atom is 0.242 e. The van der Waals surface area contributed by atoms with Crippen molar-refractivity contribution in [1.29, 1.82) is 0 Å². The molecule has 0 aromatic rings. The number of hydrogen-bond acceptors (Lipinski definition) is 6. The van der Waals surface area contributed by atoms with Gasteiger partial charge in [0.2, 0.25) is 11.8 Å². The maximum atomic E-state index is 12.8. The number of hydrogen-bond donors (Lipinski definition) is 3. The van der Waals surface area contributed by atoms with Gasteiger partial charge in [-0.1, -0.05) is 32.1 Å². The number of ether oxygens (including phenoxy) is 2. The van der Waals surface area contributed by atoms with Crippen LogP contribution in [-0.4, -0.2) is 81.2 Å². The van der Waals surface area contributed by atoms with Crippen molar-refractivity contribution in [3.8, 4) is 0 Å². The third-order valence-electron chi connectivity index (χ3n) is 7.29. The minimum atomic E-state index is -0.465. The average molecular weight is 470 g/mol. The lowest BCUT2D eigenvalue weighted by atomic mass is 9.85. The van der Waals surface area contributed by atoms with Crippen molar-refractivity contribution in [2.75, 3.05) is 46.9 Å². The summed E-state index contributed by atoms with van der Waals surface area (Å²) in [7, 11) is 3.15. The molecular weight excluding hydrogens is 422 g/mol. The van der Waals surface area contributed by atoms with Crippen molar-refractivity contribution >= 4 is 11.8 Å². The standard InChI is InChI=1S/C25H47N3O5/c1-32-25(33-2)19-28(17-14-20-6-4-3-5-7-20)24(31)18-27-23(30)13-16-26-15-12-21-8-10-22(29)11-9-21/h20-22,25-26,29H,3-19H2,1-2H3,(H,27,30). The van der Waals surface area contributed by atoms with Crippen LogP contribution < -0.4 is 10.6 Å². The number of nitrogens with zero attached hydrogens (tertiary/aromatic N) is 1. The van der Waals surface area contributed by atoms with Crippen LogP contribution >= 0.6 is 0 Å². The van der Waals surface area contributed by atoms with E-state index in [2.05, 4.69) is 10.6 Å². The molecule has 2 saturated carbocycles. The zero-order chi connectivity index (χ0) is 23.9. The predicted octanol–water partition coefficient (Wildman–Crippen LogP) is 2.44. The Balaban J connectivity index is 1.63. The fraction of sp³-hybridized carbons (Fsp3) is 0.920. The van der Waals surface area contributed by atoms with Gasteiger partial charge in [-0.25, -0.2) is 0 Å². The van der Waals surface area contributed by atoms with E-state index in [0.717, 1.165) is 45.1 Å². The van der Waals surface area contributed by atoms with Gasteiger partial charge in [-0.3, -0.25) is 9.59 Å². The Bertz CT molecular complexity index is 544. The van der Waals surface area contributed by atoms with Crippen molar-refractivity contribution < 1.29 is 24.2 Å². The van der Waals surface area contributed by atoms with Crippen molar-refractivity contribution in [2.24, 2.45) is 11.8 Å². The van der Waals surface area contributed by atoms with Gasteiger partial charge in [-0.15, -0.1) is 0 Å². The van der Waals surface area contributed by atoms with E-state index in [-0.39, 0.29) is 24.5 Å². The van der Waals surface area contributed by atoms with E-state index < -0.39 is 6.29 Å². The molecule has 2 rings (SSSR count). The molecule has 192 valence electrons. The zero-order valence-corrected chi connectivity index (χ0v) is 20.9. The molecule has 0 aromatic carbocycles. The molecule has 0 atom stereocenters. The molecule has 0 spiro atoms. The van der Waals surface area contributed by atoms with Gasteiger partial charge in [0.05, 0.1) is 19.2 Å². The summed E-state index contributed by atoms with van der Waals surface area (Å²) in [4.78, 5) is 26.8. The molecule has 0 heterocycles. The van der Waals surface area contributed by atoms with Gasteiger partial charge in [0.15, 0.2) is 6.29 Å². The first-order valence-electron chi connectivity index (χ1n) is 13.0. The summed E-state index contributed by atoms with van der Waals surface area (Å²) in [5, 5.41) is 15.7. The lowest BCUT2D eigenvalue weighted by molar-refractivity contribution is -0.145. The van der Waals surface area contributed by atoms with Gasteiger partial charge in [-0.05, 0) is 56.9 Å². The predicted molar refractivity (Wildman–Crippen MR) is 129 cm³/mol. The number of carbonyl (C=O) groups is 2. The Kier molecular flexibility index (Phi) is 13.9. The molecule has 2 amide bonds. The molecule has 2 fully saturated rings. The van der Waals surface area contributed by atoms with E-state index in [9.17, 15) is 14.7 Å². The zero-order valence-electron chi connectivity index (χ0n) is 20.9. The highest BCUT2D eigenvalue weighted by molar-refractivity contribution is 5.84. The van der Waals surface area contributed by atoms with Crippen LogP contribution in [0.15, 0.2) is 0 Å². The van der Waals surface area contributed by atoms with E-state index in [0.29, 0.717) is 37.9 Å². The monoisotopic (exact) mass is 469 g/mol. The van der Waals surface area contributed by atoms with E-state index in [1.807, 2.05) is 0 Å². The Morgan fingerprint density at radius 2 is 1.61 bits per heavy atom. The summed E-state index contributed by atoms with van der Waals surface area (Å²) >= 11 is 0. The molecule has 0 saturated heterocycles.